The van der Waals surface area contributed by atoms with Gasteiger partial charge >= 0.3 is 0 Å². The van der Waals surface area contributed by atoms with Crippen LogP contribution in [0.1, 0.15) is 12.8 Å². The topological polar surface area (TPSA) is 95.6 Å². The normalized spacial score (nSPS) is 16.4. The first-order chi connectivity index (χ1) is 16.3. The molecule has 34 heavy (non-hydrogen) atoms. The van der Waals surface area contributed by atoms with Gasteiger partial charge in [0.15, 0.2) is 5.82 Å². The van der Waals surface area contributed by atoms with Crippen molar-refractivity contribution in [3.8, 4) is 5.75 Å². The van der Waals surface area contributed by atoms with Gasteiger partial charge in [-0.3, -0.25) is 4.72 Å². The van der Waals surface area contributed by atoms with Gasteiger partial charge in [-0.25, -0.2) is 17.8 Å². The number of methoxy groups -OCH3 is 1. The summed E-state index contributed by atoms with van der Waals surface area (Å²) in [6, 6.07) is 8.07. The number of hydrogen-bond donors (Lipinski definition) is 3. The van der Waals surface area contributed by atoms with Crippen molar-refractivity contribution in [1.82, 2.24) is 10.3 Å². The van der Waals surface area contributed by atoms with Crippen LogP contribution in [0.2, 0.25) is 5.02 Å². The molecule has 3 N–H and O–H groups in total. The largest absolute Gasteiger partial charge is 0.497 e. The average molecular weight is 526 g/mol. The molecular formula is C22H25ClFN5O3S2. The fraction of sp³-hybridized carbons (Fsp3) is 0.318. The highest BCUT2D eigenvalue weighted by Crippen LogP contribution is 2.37. The lowest BCUT2D eigenvalue weighted by atomic mass is 10.0. The van der Waals surface area contributed by atoms with Crippen molar-refractivity contribution in [2.75, 3.05) is 42.2 Å². The quantitative estimate of drug-likeness (QED) is 0.393. The van der Waals surface area contributed by atoms with E-state index in [0.717, 1.165) is 43.8 Å². The number of anilines is 4. The zero-order chi connectivity index (χ0) is 24.3. The van der Waals surface area contributed by atoms with Gasteiger partial charge in [0, 0.05) is 36.6 Å². The highest BCUT2D eigenvalue weighted by Gasteiger charge is 2.24. The Bertz CT molecular complexity index is 1260. The fourth-order valence-corrected chi connectivity index (χ4v) is 5.79. The molecule has 12 heteroatoms. The molecule has 0 saturated carbocycles. The monoisotopic (exact) mass is 525 g/mol. The maximum Gasteiger partial charge on any atom is 0.266 e. The van der Waals surface area contributed by atoms with Crippen LogP contribution in [0, 0.1) is 5.82 Å². The summed E-state index contributed by atoms with van der Waals surface area (Å²) < 4.78 is 47.9. The van der Waals surface area contributed by atoms with E-state index in [0.29, 0.717) is 17.5 Å². The van der Waals surface area contributed by atoms with Crippen molar-refractivity contribution in [3.05, 3.63) is 52.1 Å². The average Bonchev–Trinajstić information content (AvgIpc) is 3.33. The number of benzene rings is 2. The number of nitrogens with one attached hydrogen (secondary N) is 3. The highest BCUT2D eigenvalue weighted by atomic mass is 35.5. The molecule has 0 bridgehead atoms. The molecule has 1 atom stereocenters. The molecule has 4 rings (SSSR count). The number of likely N-dealkylation sites (N-methyl/N-ethyl adjacent to an activating group) is 1. The number of piperidine rings is 1. The third-order valence-corrected chi connectivity index (χ3v) is 7.90. The molecule has 8 nitrogen and oxygen atoms in total. The number of nitrogens with zero attached hydrogens (tertiary/aromatic N) is 2. The van der Waals surface area contributed by atoms with E-state index in [1.165, 1.54) is 22.2 Å². The second-order valence-corrected chi connectivity index (χ2v) is 10.6. The molecule has 2 heterocycles. The zero-order valence-electron chi connectivity index (χ0n) is 18.6. The van der Waals surface area contributed by atoms with Gasteiger partial charge in [0.2, 0.25) is 0 Å². The van der Waals surface area contributed by atoms with Crippen LogP contribution in [0.25, 0.3) is 0 Å². The number of rotatable bonds is 8. The lowest BCUT2D eigenvalue weighted by molar-refractivity contribution is 0.413. The van der Waals surface area contributed by atoms with Gasteiger partial charge in [0.1, 0.15) is 16.5 Å². The summed E-state index contributed by atoms with van der Waals surface area (Å²) in [4.78, 5) is 5.55. The Morgan fingerprint density at radius 1 is 1.26 bits per heavy atom. The van der Waals surface area contributed by atoms with E-state index >= 15 is 0 Å². The van der Waals surface area contributed by atoms with Crippen molar-refractivity contribution in [2.45, 2.75) is 23.8 Å². The van der Waals surface area contributed by atoms with Crippen LogP contribution in [-0.4, -0.2) is 46.7 Å². The predicted molar refractivity (Wildman–Crippen MR) is 135 cm³/mol. The molecule has 2 aromatic carbocycles. The lowest BCUT2D eigenvalue weighted by Crippen LogP contribution is -2.44. The van der Waals surface area contributed by atoms with E-state index in [1.54, 1.807) is 13.2 Å². The SMILES string of the molecule is CN[C@@H]1CCCN(c2cc(OC)ccc2Nc2cc(F)c(S(=O)(=O)Nc3cscn3)cc2Cl)C1. The van der Waals surface area contributed by atoms with Gasteiger partial charge in [-0.2, -0.15) is 0 Å². The highest BCUT2D eigenvalue weighted by molar-refractivity contribution is 7.92. The van der Waals surface area contributed by atoms with E-state index in [9.17, 15) is 12.8 Å². The molecule has 3 aromatic rings. The number of thiazole rings is 1. The zero-order valence-corrected chi connectivity index (χ0v) is 21.0. The first kappa shape index (κ1) is 24.5. The van der Waals surface area contributed by atoms with Crippen LogP contribution in [0.15, 0.2) is 46.1 Å². The smallest absolute Gasteiger partial charge is 0.266 e. The summed E-state index contributed by atoms with van der Waals surface area (Å²) in [5.41, 5.74) is 3.31. The van der Waals surface area contributed by atoms with E-state index in [1.807, 2.05) is 19.2 Å². The molecular weight excluding hydrogens is 501 g/mol. The lowest BCUT2D eigenvalue weighted by Gasteiger charge is -2.35. The van der Waals surface area contributed by atoms with Gasteiger partial charge in [0.05, 0.1) is 34.7 Å². The van der Waals surface area contributed by atoms with Crippen LogP contribution in [0.5, 0.6) is 5.75 Å². The second kappa shape index (κ2) is 10.3. The van der Waals surface area contributed by atoms with Gasteiger partial charge in [-0.1, -0.05) is 11.6 Å². The molecule has 1 aliphatic rings. The van der Waals surface area contributed by atoms with Gasteiger partial charge < -0.3 is 20.3 Å². The Labute approximate surface area is 207 Å². The van der Waals surface area contributed by atoms with Crippen molar-refractivity contribution in [3.63, 3.8) is 0 Å². The summed E-state index contributed by atoms with van der Waals surface area (Å²) in [5.74, 6) is -0.121. The summed E-state index contributed by atoms with van der Waals surface area (Å²) in [6.45, 7) is 1.67. The predicted octanol–water partition coefficient (Wildman–Crippen LogP) is 4.68. The Morgan fingerprint density at radius 3 is 2.79 bits per heavy atom. The van der Waals surface area contributed by atoms with E-state index in [-0.39, 0.29) is 16.5 Å². The molecule has 0 spiro atoms. The van der Waals surface area contributed by atoms with Gasteiger partial charge in [0.25, 0.3) is 10.0 Å². The third-order valence-electron chi connectivity index (χ3n) is 5.63. The molecule has 182 valence electrons. The van der Waals surface area contributed by atoms with E-state index < -0.39 is 20.7 Å². The molecule has 0 unspecified atom stereocenters. The number of ether oxygens (including phenoxy) is 1. The first-order valence-corrected chi connectivity index (χ1v) is 13.4. The van der Waals surface area contributed by atoms with Crippen LogP contribution >= 0.6 is 22.9 Å². The number of aromatic nitrogens is 1. The molecule has 1 aliphatic heterocycles. The second-order valence-electron chi connectivity index (χ2n) is 7.82. The molecule has 1 fully saturated rings. The maximum atomic E-state index is 15.0. The molecule has 0 aliphatic carbocycles. The van der Waals surface area contributed by atoms with E-state index in [4.69, 9.17) is 16.3 Å². The third kappa shape index (κ3) is 5.38. The van der Waals surface area contributed by atoms with Gasteiger partial charge in [-0.15, -0.1) is 11.3 Å². The minimum absolute atomic E-state index is 0.0635. The Morgan fingerprint density at radius 2 is 2.09 bits per heavy atom. The van der Waals surface area contributed by atoms with Crippen molar-refractivity contribution in [1.29, 1.82) is 0 Å². The summed E-state index contributed by atoms with van der Waals surface area (Å²) in [6.07, 6.45) is 2.11. The number of halogens is 2. The van der Waals surface area contributed by atoms with Crippen LogP contribution < -0.4 is 25.0 Å². The van der Waals surface area contributed by atoms with Crippen molar-refractivity contribution < 1.29 is 17.5 Å². The molecule has 1 saturated heterocycles. The standard InChI is InChI=1S/C22H25ClFN5O3S2/c1-25-14-4-3-7-29(11-14)20-8-15(32-2)5-6-18(20)27-19-10-17(24)21(9-16(19)23)34(30,31)28-22-12-33-13-26-22/h5-6,8-10,12-14,25,27-28H,3-4,7,11H2,1-2H3/t14-/m1/s1. The van der Waals surface area contributed by atoms with Crippen LogP contribution in [-0.2, 0) is 10.0 Å². The molecule has 1 aromatic heterocycles. The number of hydrogen-bond acceptors (Lipinski definition) is 8. The minimum atomic E-state index is -4.19. The Balaban J connectivity index is 1.64. The Hall–Kier alpha value is -2.60. The Kier molecular flexibility index (Phi) is 7.46. The van der Waals surface area contributed by atoms with Crippen molar-refractivity contribution >= 4 is 55.8 Å². The van der Waals surface area contributed by atoms with Crippen molar-refractivity contribution in [2.24, 2.45) is 0 Å². The fourth-order valence-electron chi connectivity index (χ4n) is 3.87. The maximum absolute atomic E-state index is 15.0. The minimum Gasteiger partial charge on any atom is -0.497 e. The summed E-state index contributed by atoms with van der Waals surface area (Å²) in [7, 11) is -0.648. The first-order valence-electron chi connectivity index (χ1n) is 10.6. The number of sulfonamides is 1. The van der Waals surface area contributed by atoms with Gasteiger partial charge in [-0.05, 0) is 38.1 Å². The van der Waals surface area contributed by atoms with Crippen LogP contribution in [0.4, 0.5) is 27.3 Å². The van der Waals surface area contributed by atoms with Crippen LogP contribution in [0.3, 0.4) is 0 Å². The summed E-state index contributed by atoms with van der Waals surface area (Å²) >= 11 is 7.62. The molecule has 0 radical (unpaired) electrons. The summed E-state index contributed by atoms with van der Waals surface area (Å²) in [5, 5.41) is 8.07. The van der Waals surface area contributed by atoms with E-state index in [2.05, 4.69) is 25.2 Å². The molecule has 0 amide bonds.